The van der Waals surface area contributed by atoms with Gasteiger partial charge < -0.3 is 21.7 Å². The third-order valence-electron chi connectivity index (χ3n) is 5.63. The molecule has 31 heavy (non-hydrogen) atoms. The van der Waals surface area contributed by atoms with E-state index >= 15 is 0 Å². The fraction of sp³-hybridized carbons (Fsp3) is 0.333. The number of fused-ring (bicyclic) bond motifs is 1. The molecule has 2 aromatic carbocycles. The van der Waals surface area contributed by atoms with Crippen molar-refractivity contribution >= 4 is 23.5 Å². The molecule has 0 bridgehead atoms. The number of piperidine rings is 1. The Balaban J connectivity index is 1.65. The maximum Gasteiger partial charge on any atom is 0.419 e. The maximum absolute atomic E-state index is 14.2. The number of aliphatic imine (C=N–C) groups is 1. The number of carbonyl (C=O) groups is 1. The molecule has 4 rings (SSSR count). The van der Waals surface area contributed by atoms with Crippen LogP contribution in [-0.4, -0.2) is 37.9 Å². The van der Waals surface area contributed by atoms with Crippen LogP contribution in [0, 0.1) is 5.82 Å². The van der Waals surface area contributed by atoms with E-state index in [0.29, 0.717) is 54.2 Å². The second kappa shape index (κ2) is 8.18. The Kier molecular flexibility index (Phi) is 5.57. The lowest BCUT2D eigenvalue weighted by atomic mass is 9.85. The van der Waals surface area contributed by atoms with Crippen LogP contribution >= 0.6 is 0 Å². The summed E-state index contributed by atoms with van der Waals surface area (Å²) < 4.78 is 52.9. The Morgan fingerprint density at radius 2 is 2.03 bits per heavy atom. The number of anilines is 2. The van der Waals surface area contributed by atoms with Crippen molar-refractivity contribution in [3.8, 4) is 0 Å². The fourth-order valence-corrected chi connectivity index (χ4v) is 4.14. The van der Waals surface area contributed by atoms with Crippen LogP contribution < -0.4 is 21.7 Å². The van der Waals surface area contributed by atoms with Gasteiger partial charge in [-0.1, -0.05) is 6.07 Å². The zero-order valence-corrected chi connectivity index (χ0v) is 16.4. The second-order valence-corrected chi connectivity index (χ2v) is 7.55. The maximum atomic E-state index is 14.2. The van der Waals surface area contributed by atoms with Crippen LogP contribution in [0.25, 0.3) is 0 Å². The Hall–Kier alpha value is -3.14. The molecule has 2 atom stereocenters. The molecule has 164 valence electrons. The van der Waals surface area contributed by atoms with Crippen molar-refractivity contribution < 1.29 is 22.4 Å². The summed E-state index contributed by atoms with van der Waals surface area (Å²) >= 11 is 0. The van der Waals surface area contributed by atoms with Crippen LogP contribution in [0.15, 0.2) is 35.3 Å². The largest absolute Gasteiger partial charge is 0.419 e. The first-order valence-electron chi connectivity index (χ1n) is 9.80. The van der Waals surface area contributed by atoms with E-state index in [1.807, 2.05) is 0 Å². The zero-order valence-electron chi connectivity index (χ0n) is 16.4. The van der Waals surface area contributed by atoms with Crippen LogP contribution in [0.5, 0.6) is 0 Å². The summed E-state index contributed by atoms with van der Waals surface area (Å²) in [7, 11) is 0. The molecule has 2 aliphatic heterocycles. The number of halogens is 4. The summed E-state index contributed by atoms with van der Waals surface area (Å²) in [6.07, 6.45) is -2.47. The molecule has 2 heterocycles. The van der Waals surface area contributed by atoms with Crippen molar-refractivity contribution in [2.45, 2.75) is 24.6 Å². The number of primary amides is 1. The lowest BCUT2D eigenvalue weighted by Gasteiger charge is -2.35. The van der Waals surface area contributed by atoms with Crippen molar-refractivity contribution in [2.24, 2.45) is 10.7 Å². The van der Waals surface area contributed by atoms with Crippen LogP contribution in [0.1, 0.15) is 39.4 Å². The molecule has 0 aliphatic carbocycles. The third kappa shape index (κ3) is 4.20. The van der Waals surface area contributed by atoms with Gasteiger partial charge in [0.25, 0.3) is 5.91 Å². The second-order valence-electron chi connectivity index (χ2n) is 7.55. The first-order valence-corrected chi connectivity index (χ1v) is 9.80. The number of carbonyl (C=O) groups excluding carboxylic acids is 1. The lowest BCUT2D eigenvalue weighted by molar-refractivity contribution is -0.140. The van der Waals surface area contributed by atoms with Crippen molar-refractivity contribution in [2.75, 3.05) is 30.4 Å². The molecule has 1 amide bonds. The normalized spacial score (nSPS) is 20.6. The number of rotatable bonds is 4. The highest BCUT2D eigenvalue weighted by molar-refractivity contribution is 6.07. The van der Waals surface area contributed by atoms with E-state index in [1.165, 1.54) is 6.07 Å². The molecule has 10 heteroatoms. The van der Waals surface area contributed by atoms with Gasteiger partial charge in [0, 0.05) is 36.0 Å². The molecular formula is C21H21F4N5O. The number of benzene rings is 2. The van der Waals surface area contributed by atoms with E-state index in [2.05, 4.69) is 20.9 Å². The van der Waals surface area contributed by atoms with Crippen molar-refractivity contribution in [1.82, 2.24) is 5.32 Å². The molecule has 5 N–H and O–H groups in total. The van der Waals surface area contributed by atoms with Gasteiger partial charge >= 0.3 is 6.18 Å². The molecule has 0 spiro atoms. The SMILES string of the molecule is NC(=O)c1ccc(NC2CNCCC2c2ccc(C(F)(F)F)c(F)c2)c2c1NCN=C2. The predicted octanol–water partition coefficient (Wildman–Crippen LogP) is 3.30. The van der Waals surface area contributed by atoms with Crippen molar-refractivity contribution in [3.63, 3.8) is 0 Å². The Morgan fingerprint density at radius 1 is 1.23 bits per heavy atom. The molecule has 2 aromatic rings. The first-order chi connectivity index (χ1) is 14.8. The van der Waals surface area contributed by atoms with Crippen molar-refractivity contribution in [1.29, 1.82) is 0 Å². The molecule has 1 saturated heterocycles. The highest BCUT2D eigenvalue weighted by Gasteiger charge is 2.35. The highest BCUT2D eigenvalue weighted by atomic mass is 19.4. The van der Waals surface area contributed by atoms with Gasteiger partial charge in [-0.3, -0.25) is 9.79 Å². The number of hydrogen-bond donors (Lipinski definition) is 4. The van der Waals surface area contributed by atoms with Crippen molar-refractivity contribution in [3.05, 3.63) is 58.4 Å². The topological polar surface area (TPSA) is 91.5 Å². The molecule has 6 nitrogen and oxygen atoms in total. The molecule has 2 aliphatic rings. The number of hydrogen-bond acceptors (Lipinski definition) is 5. The van der Waals surface area contributed by atoms with Gasteiger partial charge in [0.15, 0.2) is 0 Å². The standard InChI is InChI=1S/C21H21F4N5O/c22-16-7-11(1-3-15(16)21(23,24)25)12-5-6-27-9-18(12)30-17-4-2-13(20(26)31)19-14(17)8-28-10-29-19/h1-4,7-8,12,18,27,29-30H,5-6,9-10H2,(H2,26,31). The van der Waals surface area contributed by atoms with E-state index in [9.17, 15) is 22.4 Å². The van der Waals surface area contributed by atoms with Crippen LogP contribution in [-0.2, 0) is 6.18 Å². The smallest absolute Gasteiger partial charge is 0.380 e. The van der Waals surface area contributed by atoms with Gasteiger partial charge in [-0.25, -0.2) is 4.39 Å². The van der Waals surface area contributed by atoms with E-state index in [-0.39, 0.29) is 12.0 Å². The van der Waals surface area contributed by atoms with Gasteiger partial charge in [-0.2, -0.15) is 13.2 Å². The lowest BCUT2D eigenvalue weighted by Crippen LogP contribution is -2.44. The first kappa shape index (κ1) is 21.1. The van der Waals surface area contributed by atoms with E-state index < -0.39 is 23.5 Å². The van der Waals surface area contributed by atoms with Gasteiger partial charge in [0.05, 0.1) is 16.8 Å². The fourth-order valence-electron chi connectivity index (χ4n) is 4.14. The quantitative estimate of drug-likeness (QED) is 0.555. The number of nitrogens with zero attached hydrogens (tertiary/aromatic N) is 1. The number of nitrogens with one attached hydrogen (secondary N) is 3. The van der Waals surface area contributed by atoms with Crippen LogP contribution in [0.3, 0.4) is 0 Å². The molecular weight excluding hydrogens is 414 g/mol. The minimum absolute atomic E-state index is 0.210. The molecule has 0 aromatic heterocycles. The molecule has 1 fully saturated rings. The number of alkyl halides is 3. The van der Waals surface area contributed by atoms with Gasteiger partial charge in [0.1, 0.15) is 12.5 Å². The average Bonchev–Trinajstić information content (AvgIpc) is 2.73. The summed E-state index contributed by atoms with van der Waals surface area (Å²) in [4.78, 5) is 15.9. The van der Waals surface area contributed by atoms with E-state index in [4.69, 9.17) is 5.73 Å². The Labute approximate surface area is 175 Å². The van der Waals surface area contributed by atoms with E-state index in [0.717, 1.165) is 12.1 Å². The third-order valence-corrected chi connectivity index (χ3v) is 5.63. The minimum Gasteiger partial charge on any atom is -0.380 e. The van der Waals surface area contributed by atoms with Crippen LogP contribution in [0.4, 0.5) is 28.9 Å². The number of nitrogens with two attached hydrogens (primary N) is 1. The summed E-state index contributed by atoms with van der Waals surface area (Å²) in [6, 6.07) is 6.22. The monoisotopic (exact) mass is 435 g/mol. The number of amides is 1. The highest BCUT2D eigenvalue weighted by Crippen LogP contribution is 2.36. The summed E-state index contributed by atoms with van der Waals surface area (Å²) in [5.74, 6) is -2.05. The van der Waals surface area contributed by atoms with Gasteiger partial charge in [-0.05, 0) is 42.8 Å². The Bertz CT molecular complexity index is 1040. The summed E-state index contributed by atoms with van der Waals surface area (Å²) in [5.41, 5.74) is 6.97. The van der Waals surface area contributed by atoms with Gasteiger partial charge in [0.2, 0.25) is 0 Å². The summed E-state index contributed by atoms with van der Waals surface area (Å²) in [5, 5.41) is 9.70. The zero-order chi connectivity index (χ0) is 22.2. The summed E-state index contributed by atoms with van der Waals surface area (Å²) in [6.45, 7) is 1.51. The molecule has 0 radical (unpaired) electrons. The molecule has 0 saturated carbocycles. The van der Waals surface area contributed by atoms with Gasteiger partial charge in [-0.15, -0.1) is 0 Å². The minimum atomic E-state index is -4.73. The Morgan fingerprint density at radius 3 is 2.74 bits per heavy atom. The predicted molar refractivity (Wildman–Crippen MR) is 110 cm³/mol. The molecule has 2 unspecified atom stereocenters. The van der Waals surface area contributed by atoms with E-state index in [1.54, 1.807) is 18.3 Å². The van der Waals surface area contributed by atoms with Crippen LogP contribution in [0.2, 0.25) is 0 Å². The average molecular weight is 435 g/mol.